The van der Waals surface area contributed by atoms with Crippen molar-refractivity contribution in [3.05, 3.63) is 17.8 Å². The van der Waals surface area contributed by atoms with Crippen molar-refractivity contribution in [2.45, 2.75) is 6.61 Å². The highest BCUT2D eigenvalue weighted by atomic mass is 16.5. The summed E-state index contributed by atoms with van der Waals surface area (Å²) in [5, 5.41) is 0. The molecule has 0 saturated heterocycles. The third kappa shape index (κ3) is 1.65. The molecule has 0 fully saturated rings. The third-order valence-electron chi connectivity index (χ3n) is 1.53. The molecular formula is C8H12N2O2. The second kappa shape index (κ2) is 3.92. The van der Waals surface area contributed by atoms with Crippen LogP contribution in [0.4, 0.5) is 5.69 Å². The molecular weight excluding hydrogens is 156 g/mol. The standard InChI is InChI=1S/C8H12N2O2/c1-11-5-6-7(9)3-4-10-8(6)12-2/h3-4H,5H2,1-2H3,(H2,9,10). The van der Waals surface area contributed by atoms with E-state index in [1.807, 2.05) is 0 Å². The molecule has 0 amide bonds. The fraction of sp³-hybridized carbons (Fsp3) is 0.375. The third-order valence-corrected chi connectivity index (χ3v) is 1.53. The second-order valence-corrected chi connectivity index (χ2v) is 2.32. The molecule has 0 aliphatic rings. The molecule has 1 aromatic rings. The summed E-state index contributed by atoms with van der Waals surface area (Å²) in [6, 6.07) is 1.72. The van der Waals surface area contributed by atoms with Crippen molar-refractivity contribution in [3.8, 4) is 5.88 Å². The van der Waals surface area contributed by atoms with Crippen LogP contribution >= 0.6 is 0 Å². The molecule has 0 saturated carbocycles. The monoisotopic (exact) mass is 168 g/mol. The molecule has 66 valence electrons. The number of nitrogens with zero attached hydrogens (tertiary/aromatic N) is 1. The van der Waals surface area contributed by atoms with Crippen LogP contribution in [-0.2, 0) is 11.3 Å². The van der Waals surface area contributed by atoms with Crippen LogP contribution in [0.1, 0.15) is 5.56 Å². The first kappa shape index (κ1) is 8.80. The van der Waals surface area contributed by atoms with Gasteiger partial charge in [0.2, 0.25) is 5.88 Å². The van der Waals surface area contributed by atoms with Crippen molar-refractivity contribution in [2.75, 3.05) is 20.0 Å². The first-order valence-electron chi connectivity index (χ1n) is 3.56. The Morgan fingerprint density at radius 2 is 2.25 bits per heavy atom. The van der Waals surface area contributed by atoms with Gasteiger partial charge < -0.3 is 15.2 Å². The smallest absolute Gasteiger partial charge is 0.220 e. The lowest BCUT2D eigenvalue weighted by molar-refractivity contribution is 0.181. The zero-order chi connectivity index (χ0) is 8.97. The van der Waals surface area contributed by atoms with Gasteiger partial charge in [-0.25, -0.2) is 4.98 Å². The van der Waals surface area contributed by atoms with Crippen LogP contribution < -0.4 is 10.5 Å². The van der Waals surface area contributed by atoms with Crippen molar-refractivity contribution in [1.29, 1.82) is 0 Å². The van der Waals surface area contributed by atoms with Crippen LogP contribution in [0.5, 0.6) is 5.88 Å². The Morgan fingerprint density at radius 3 is 2.83 bits per heavy atom. The predicted octanol–water partition coefficient (Wildman–Crippen LogP) is 0.819. The van der Waals surface area contributed by atoms with E-state index in [-0.39, 0.29) is 0 Å². The van der Waals surface area contributed by atoms with E-state index >= 15 is 0 Å². The topological polar surface area (TPSA) is 57.4 Å². The van der Waals surface area contributed by atoms with E-state index in [0.717, 1.165) is 5.56 Å². The van der Waals surface area contributed by atoms with Crippen LogP contribution in [0, 0.1) is 0 Å². The summed E-state index contributed by atoms with van der Waals surface area (Å²) < 4.78 is 9.96. The van der Waals surface area contributed by atoms with Crippen LogP contribution in [0.2, 0.25) is 0 Å². The number of pyridine rings is 1. The highest BCUT2D eigenvalue weighted by Gasteiger charge is 2.06. The lowest BCUT2D eigenvalue weighted by atomic mass is 10.2. The average molecular weight is 168 g/mol. The summed E-state index contributed by atoms with van der Waals surface area (Å²) in [4.78, 5) is 3.99. The van der Waals surface area contributed by atoms with E-state index in [1.165, 1.54) is 0 Å². The molecule has 1 aromatic heterocycles. The van der Waals surface area contributed by atoms with Gasteiger partial charge in [0.25, 0.3) is 0 Å². The summed E-state index contributed by atoms with van der Waals surface area (Å²) in [5.74, 6) is 0.525. The molecule has 1 rings (SSSR count). The number of hydrogen-bond acceptors (Lipinski definition) is 4. The Bertz CT molecular complexity index is 263. The maximum absolute atomic E-state index is 5.68. The molecule has 0 spiro atoms. The van der Waals surface area contributed by atoms with Crippen molar-refractivity contribution in [1.82, 2.24) is 4.98 Å². The van der Waals surface area contributed by atoms with E-state index in [2.05, 4.69) is 4.98 Å². The number of methoxy groups -OCH3 is 2. The quantitative estimate of drug-likeness (QED) is 0.725. The minimum atomic E-state index is 0.419. The van der Waals surface area contributed by atoms with Gasteiger partial charge >= 0.3 is 0 Å². The Kier molecular flexibility index (Phi) is 2.88. The highest BCUT2D eigenvalue weighted by molar-refractivity contribution is 5.50. The number of hydrogen-bond donors (Lipinski definition) is 1. The summed E-state index contributed by atoms with van der Waals surface area (Å²) in [6.07, 6.45) is 1.60. The van der Waals surface area contributed by atoms with Gasteiger partial charge in [0.15, 0.2) is 0 Å². The molecule has 4 nitrogen and oxygen atoms in total. The van der Waals surface area contributed by atoms with E-state index < -0.39 is 0 Å². The van der Waals surface area contributed by atoms with Gasteiger partial charge in [-0.15, -0.1) is 0 Å². The molecule has 0 bridgehead atoms. The summed E-state index contributed by atoms with van der Waals surface area (Å²) in [7, 11) is 3.16. The van der Waals surface area contributed by atoms with Gasteiger partial charge in [-0.1, -0.05) is 0 Å². The second-order valence-electron chi connectivity index (χ2n) is 2.32. The van der Waals surface area contributed by atoms with Gasteiger partial charge in [0.1, 0.15) is 0 Å². The van der Waals surface area contributed by atoms with Crippen molar-refractivity contribution < 1.29 is 9.47 Å². The van der Waals surface area contributed by atoms with Crippen molar-refractivity contribution in [3.63, 3.8) is 0 Å². The van der Waals surface area contributed by atoms with E-state index in [9.17, 15) is 0 Å². The van der Waals surface area contributed by atoms with Crippen molar-refractivity contribution >= 4 is 5.69 Å². The van der Waals surface area contributed by atoms with Crippen LogP contribution in [0.15, 0.2) is 12.3 Å². The van der Waals surface area contributed by atoms with E-state index in [1.54, 1.807) is 26.5 Å². The maximum atomic E-state index is 5.68. The van der Waals surface area contributed by atoms with Gasteiger partial charge in [-0.3, -0.25) is 0 Å². The summed E-state index contributed by atoms with van der Waals surface area (Å²) in [5.41, 5.74) is 7.12. The largest absolute Gasteiger partial charge is 0.481 e. The SMILES string of the molecule is COCc1c(N)ccnc1OC. The fourth-order valence-electron chi connectivity index (χ4n) is 0.953. The normalized spacial score (nSPS) is 9.83. The first-order chi connectivity index (χ1) is 5.79. The Labute approximate surface area is 71.3 Å². The lowest BCUT2D eigenvalue weighted by Crippen LogP contribution is -2.01. The highest BCUT2D eigenvalue weighted by Crippen LogP contribution is 2.21. The Morgan fingerprint density at radius 1 is 1.50 bits per heavy atom. The first-order valence-corrected chi connectivity index (χ1v) is 3.56. The maximum Gasteiger partial charge on any atom is 0.220 e. The number of rotatable bonds is 3. The van der Waals surface area contributed by atoms with Crippen LogP contribution in [0.25, 0.3) is 0 Å². The number of aromatic nitrogens is 1. The van der Waals surface area contributed by atoms with Gasteiger partial charge in [0.05, 0.1) is 19.3 Å². The van der Waals surface area contributed by atoms with Crippen molar-refractivity contribution in [2.24, 2.45) is 0 Å². The zero-order valence-corrected chi connectivity index (χ0v) is 7.20. The number of nitrogens with two attached hydrogens (primary N) is 1. The van der Waals surface area contributed by atoms with Crippen LogP contribution in [-0.4, -0.2) is 19.2 Å². The molecule has 0 aliphatic heterocycles. The molecule has 0 aliphatic carbocycles. The molecule has 1 heterocycles. The number of ether oxygens (including phenoxy) is 2. The molecule has 0 unspecified atom stereocenters. The fourth-order valence-corrected chi connectivity index (χ4v) is 0.953. The average Bonchev–Trinajstić information content (AvgIpc) is 2.09. The molecule has 0 atom stereocenters. The minimum absolute atomic E-state index is 0.419. The molecule has 12 heavy (non-hydrogen) atoms. The summed E-state index contributed by atoms with van der Waals surface area (Å²) in [6.45, 7) is 0.419. The Balaban J connectivity index is 3.02. The minimum Gasteiger partial charge on any atom is -0.481 e. The van der Waals surface area contributed by atoms with Gasteiger partial charge in [-0.2, -0.15) is 0 Å². The lowest BCUT2D eigenvalue weighted by Gasteiger charge is -2.08. The van der Waals surface area contributed by atoms with Crippen LogP contribution in [0.3, 0.4) is 0 Å². The summed E-state index contributed by atoms with van der Waals surface area (Å²) >= 11 is 0. The van der Waals surface area contributed by atoms with Gasteiger partial charge in [0, 0.05) is 19.0 Å². The molecule has 0 radical (unpaired) electrons. The zero-order valence-electron chi connectivity index (χ0n) is 7.20. The molecule has 2 N–H and O–H groups in total. The predicted molar refractivity (Wildman–Crippen MR) is 45.9 cm³/mol. The Hall–Kier alpha value is -1.29. The van der Waals surface area contributed by atoms with E-state index in [4.69, 9.17) is 15.2 Å². The number of nitrogen functional groups attached to an aromatic ring is 1. The molecule has 0 aromatic carbocycles. The molecule has 4 heteroatoms. The number of anilines is 1. The van der Waals surface area contributed by atoms with E-state index in [0.29, 0.717) is 18.2 Å². The van der Waals surface area contributed by atoms with Gasteiger partial charge in [-0.05, 0) is 6.07 Å².